The predicted molar refractivity (Wildman–Crippen MR) is 115 cm³/mol. The number of carbonyl (C=O) groups is 2. The normalized spacial score (nSPS) is 14.4. The van der Waals surface area contributed by atoms with E-state index in [2.05, 4.69) is 4.98 Å². The molecular formula is C23H20N2O3S. The van der Waals surface area contributed by atoms with Crippen LogP contribution in [0.1, 0.15) is 34.1 Å². The molecule has 6 heteroatoms. The minimum Gasteiger partial charge on any atom is -0.488 e. The Morgan fingerprint density at radius 1 is 1.14 bits per heavy atom. The summed E-state index contributed by atoms with van der Waals surface area (Å²) >= 11 is 1.37. The molecule has 0 fully saturated rings. The standard InChI is InChI=1S/C23H20N2O3S/c1-14-7-6-8-15(2)21(14)25(16(3)26)23-24-18(13-29-23)11-17-12-28-20-10-5-4-9-19(20)22(17)27/h4-11,13H,12H2,1-3H3. The third-order valence-electron chi connectivity index (χ3n) is 4.81. The summed E-state index contributed by atoms with van der Waals surface area (Å²) in [6, 6.07) is 13.1. The fourth-order valence-electron chi connectivity index (χ4n) is 3.45. The number of hydrogen-bond acceptors (Lipinski definition) is 5. The van der Waals surface area contributed by atoms with Gasteiger partial charge in [0.05, 0.1) is 16.9 Å². The van der Waals surface area contributed by atoms with Crippen LogP contribution in [0.5, 0.6) is 5.75 Å². The molecule has 0 atom stereocenters. The van der Waals surface area contributed by atoms with Gasteiger partial charge in [0.25, 0.3) is 0 Å². The molecule has 0 aliphatic carbocycles. The Morgan fingerprint density at radius 3 is 2.59 bits per heavy atom. The molecule has 146 valence electrons. The lowest BCUT2D eigenvalue weighted by molar-refractivity contribution is -0.115. The highest BCUT2D eigenvalue weighted by atomic mass is 32.1. The number of anilines is 2. The molecule has 1 aromatic heterocycles. The van der Waals surface area contributed by atoms with Gasteiger partial charge in [-0.2, -0.15) is 0 Å². The minimum atomic E-state index is -0.109. The Kier molecular flexibility index (Phi) is 5.03. The molecule has 0 N–H and O–H groups in total. The van der Waals surface area contributed by atoms with E-state index in [9.17, 15) is 9.59 Å². The number of aryl methyl sites for hydroxylation is 2. The molecule has 1 aliphatic heterocycles. The number of fused-ring (bicyclic) bond motifs is 1. The zero-order chi connectivity index (χ0) is 20.5. The van der Waals surface area contributed by atoms with E-state index in [1.165, 1.54) is 18.3 Å². The molecule has 0 unspecified atom stereocenters. The van der Waals surface area contributed by atoms with Crippen molar-refractivity contribution in [3.63, 3.8) is 0 Å². The summed E-state index contributed by atoms with van der Waals surface area (Å²) in [5, 5.41) is 2.42. The maximum Gasteiger partial charge on any atom is 0.230 e. The van der Waals surface area contributed by atoms with Crippen molar-refractivity contribution in [2.75, 3.05) is 11.5 Å². The van der Waals surface area contributed by atoms with Gasteiger partial charge in [0.15, 0.2) is 10.9 Å². The van der Waals surface area contributed by atoms with Crippen LogP contribution in [0.3, 0.4) is 0 Å². The number of Topliss-reactive ketones (excluding diaryl/α,β-unsaturated/α-hetero) is 1. The lowest BCUT2D eigenvalue weighted by Crippen LogP contribution is -2.24. The Labute approximate surface area is 173 Å². The summed E-state index contributed by atoms with van der Waals surface area (Å²) in [7, 11) is 0. The number of benzene rings is 2. The number of nitrogens with zero attached hydrogens (tertiary/aromatic N) is 2. The quantitative estimate of drug-likeness (QED) is 0.570. The number of amides is 1. The largest absolute Gasteiger partial charge is 0.488 e. The van der Waals surface area contributed by atoms with Crippen LogP contribution in [-0.2, 0) is 4.79 Å². The van der Waals surface area contributed by atoms with Crippen molar-refractivity contribution < 1.29 is 14.3 Å². The highest BCUT2D eigenvalue weighted by molar-refractivity contribution is 7.14. The van der Waals surface area contributed by atoms with Gasteiger partial charge in [0.2, 0.25) is 5.91 Å². The second-order valence-electron chi connectivity index (χ2n) is 6.93. The molecule has 1 amide bonds. The van der Waals surface area contributed by atoms with Crippen molar-refractivity contribution in [3.05, 3.63) is 75.8 Å². The molecule has 2 aromatic carbocycles. The van der Waals surface area contributed by atoms with E-state index in [0.717, 1.165) is 16.8 Å². The van der Waals surface area contributed by atoms with E-state index < -0.39 is 0 Å². The van der Waals surface area contributed by atoms with Gasteiger partial charge in [-0.05, 0) is 43.2 Å². The minimum absolute atomic E-state index is 0.0560. The van der Waals surface area contributed by atoms with Crippen molar-refractivity contribution in [1.29, 1.82) is 0 Å². The first-order chi connectivity index (χ1) is 14.0. The van der Waals surface area contributed by atoms with Crippen LogP contribution < -0.4 is 9.64 Å². The molecule has 1 aliphatic rings. The molecule has 5 nitrogen and oxygen atoms in total. The smallest absolute Gasteiger partial charge is 0.230 e. The summed E-state index contributed by atoms with van der Waals surface area (Å²) in [5.41, 5.74) is 4.59. The van der Waals surface area contributed by atoms with Crippen LogP contribution in [0.4, 0.5) is 10.8 Å². The topological polar surface area (TPSA) is 59.5 Å². The fourth-order valence-corrected chi connectivity index (χ4v) is 4.28. The fraction of sp³-hybridized carbons (Fsp3) is 0.174. The van der Waals surface area contributed by atoms with Crippen molar-refractivity contribution in [1.82, 2.24) is 4.98 Å². The average Bonchev–Trinajstić information content (AvgIpc) is 3.15. The lowest BCUT2D eigenvalue weighted by atomic mass is 10.00. The highest BCUT2D eigenvalue weighted by Gasteiger charge is 2.24. The van der Waals surface area contributed by atoms with Crippen LogP contribution >= 0.6 is 11.3 Å². The Morgan fingerprint density at radius 2 is 1.86 bits per heavy atom. The third kappa shape index (κ3) is 3.59. The lowest BCUT2D eigenvalue weighted by Gasteiger charge is -2.22. The van der Waals surface area contributed by atoms with Crippen LogP contribution in [0.25, 0.3) is 6.08 Å². The Balaban J connectivity index is 1.68. The first kappa shape index (κ1) is 19.1. The summed E-state index contributed by atoms with van der Waals surface area (Å²) in [5.74, 6) is 0.438. The molecule has 29 heavy (non-hydrogen) atoms. The highest BCUT2D eigenvalue weighted by Crippen LogP contribution is 2.34. The maximum absolute atomic E-state index is 12.7. The Hall–Kier alpha value is -3.25. The number of para-hydroxylation sites is 2. The molecule has 0 spiro atoms. The molecule has 0 bridgehead atoms. The second-order valence-corrected chi connectivity index (χ2v) is 7.77. The molecule has 2 heterocycles. The van der Waals surface area contributed by atoms with E-state index in [0.29, 0.717) is 27.7 Å². The molecule has 3 aromatic rings. The number of thiazole rings is 1. The van der Waals surface area contributed by atoms with E-state index >= 15 is 0 Å². The predicted octanol–water partition coefficient (Wildman–Crippen LogP) is 5.10. The number of carbonyl (C=O) groups excluding carboxylic acids is 2. The number of aromatic nitrogens is 1. The number of ether oxygens (including phenoxy) is 1. The van der Waals surface area contributed by atoms with E-state index in [-0.39, 0.29) is 18.3 Å². The van der Waals surface area contributed by atoms with E-state index in [4.69, 9.17) is 4.74 Å². The van der Waals surface area contributed by atoms with Gasteiger partial charge in [0, 0.05) is 17.9 Å². The number of rotatable bonds is 3. The van der Waals surface area contributed by atoms with Crippen LogP contribution in [0.2, 0.25) is 0 Å². The zero-order valence-electron chi connectivity index (χ0n) is 16.4. The summed E-state index contributed by atoms with van der Waals surface area (Å²) in [6.07, 6.45) is 1.74. The zero-order valence-corrected chi connectivity index (χ0v) is 17.2. The summed E-state index contributed by atoms with van der Waals surface area (Å²) in [6.45, 7) is 5.69. The van der Waals surface area contributed by atoms with Gasteiger partial charge in [0.1, 0.15) is 12.4 Å². The maximum atomic E-state index is 12.7. The van der Waals surface area contributed by atoms with Gasteiger partial charge < -0.3 is 4.74 Å². The van der Waals surface area contributed by atoms with Gasteiger partial charge in [-0.25, -0.2) is 4.98 Å². The van der Waals surface area contributed by atoms with E-state index in [1.807, 2.05) is 49.6 Å². The first-order valence-electron chi connectivity index (χ1n) is 9.25. The first-order valence-corrected chi connectivity index (χ1v) is 10.1. The van der Waals surface area contributed by atoms with Crippen LogP contribution in [0.15, 0.2) is 53.4 Å². The van der Waals surface area contributed by atoms with Crippen molar-refractivity contribution in [3.8, 4) is 5.75 Å². The van der Waals surface area contributed by atoms with Gasteiger partial charge in [-0.3, -0.25) is 14.5 Å². The number of ketones is 1. The third-order valence-corrected chi connectivity index (χ3v) is 5.65. The second kappa shape index (κ2) is 7.64. The van der Waals surface area contributed by atoms with Crippen molar-refractivity contribution >= 4 is 39.9 Å². The van der Waals surface area contributed by atoms with Gasteiger partial charge in [-0.1, -0.05) is 30.3 Å². The summed E-state index contributed by atoms with van der Waals surface area (Å²) < 4.78 is 5.69. The SMILES string of the molecule is CC(=O)N(c1nc(C=C2COc3ccccc3C2=O)cs1)c1c(C)cccc1C. The van der Waals surface area contributed by atoms with Gasteiger partial charge in [-0.15, -0.1) is 11.3 Å². The molecule has 0 saturated heterocycles. The number of hydrogen-bond donors (Lipinski definition) is 0. The molecular weight excluding hydrogens is 384 g/mol. The van der Waals surface area contributed by atoms with Crippen molar-refractivity contribution in [2.45, 2.75) is 20.8 Å². The van der Waals surface area contributed by atoms with Crippen LogP contribution in [-0.4, -0.2) is 23.3 Å². The average molecular weight is 404 g/mol. The van der Waals surface area contributed by atoms with Gasteiger partial charge >= 0.3 is 0 Å². The van der Waals surface area contributed by atoms with Crippen molar-refractivity contribution in [2.24, 2.45) is 0 Å². The Bertz CT molecular complexity index is 1130. The molecule has 0 saturated carbocycles. The molecule has 0 radical (unpaired) electrons. The van der Waals surface area contributed by atoms with E-state index in [1.54, 1.807) is 23.1 Å². The monoisotopic (exact) mass is 404 g/mol. The molecule has 4 rings (SSSR count). The van der Waals surface area contributed by atoms with Crippen LogP contribution in [0, 0.1) is 13.8 Å². The summed E-state index contributed by atoms with van der Waals surface area (Å²) in [4.78, 5) is 31.4.